The monoisotopic (exact) mass is 637 g/mol. The molecule has 3 atom stereocenters. The van der Waals surface area contributed by atoms with Gasteiger partial charge >= 0.3 is 12.2 Å². The second-order valence-electron chi connectivity index (χ2n) is 10.0. The van der Waals surface area contributed by atoms with Crippen LogP contribution in [0, 0.1) is 20.2 Å². The number of ether oxygens (including phenoxy) is 4. The maximum atomic E-state index is 12.4. The fourth-order valence-electron chi connectivity index (χ4n) is 4.63. The molecule has 46 heavy (non-hydrogen) atoms. The first-order valence-corrected chi connectivity index (χ1v) is 13.9. The maximum absolute atomic E-state index is 12.4. The van der Waals surface area contributed by atoms with E-state index in [0.29, 0.717) is 12.8 Å². The SMILES string of the molecule is O=C(Nc1ncnc2c1ncn2[C@@H]1O[C@H](COC(=O)OCCc2ccc([N+](=O)[O-])cc2)C[C@H]1O)OCCc1ccc([N+](=O)[O-])cc1. The van der Waals surface area contributed by atoms with Crippen LogP contribution in [0.15, 0.2) is 61.2 Å². The van der Waals surface area contributed by atoms with Gasteiger partial charge in [0.2, 0.25) is 0 Å². The number of aliphatic hydroxyl groups is 1. The number of nitro groups is 2. The predicted octanol–water partition coefficient (Wildman–Crippen LogP) is 3.48. The Kier molecular flexibility index (Phi) is 9.88. The molecule has 0 bridgehead atoms. The number of fused-ring (bicyclic) bond motifs is 1. The van der Waals surface area contributed by atoms with Crippen LogP contribution in [0.3, 0.4) is 0 Å². The summed E-state index contributed by atoms with van der Waals surface area (Å²) >= 11 is 0. The lowest BCUT2D eigenvalue weighted by Gasteiger charge is -2.17. The summed E-state index contributed by atoms with van der Waals surface area (Å²) in [5, 5.41) is 34.7. The van der Waals surface area contributed by atoms with Crippen molar-refractivity contribution in [2.75, 3.05) is 25.1 Å². The number of amides is 1. The summed E-state index contributed by atoms with van der Waals surface area (Å²) in [5.41, 5.74) is 1.88. The Bertz CT molecular complexity index is 1710. The van der Waals surface area contributed by atoms with Crippen molar-refractivity contribution < 1.29 is 43.5 Å². The molecule has 1 aliphatic heterocycles. The van der Waals surface area contributed by atoms with E-state index in [9.17, 15) is 34.9 Å². The molecule has 0 aliphatic carbocycles. The highest BCUT2D eigenvalue weighted by Crippen LogP contribution is 2.32. The molecular formula is C28H27N7O11. The van der Waals surface area contributed by atoms with Gasteiger partial charge in [0, 0.05) is 43.5 Å². The molecule has 0 spiro atoms. The lowest BCUT2D eigenvalue weighted by Crippen LogP contribution is -2.21. The number of imidazole rings is 1. The highest BCUT2D eigenvalue weighted by atomic mass is 16.7. The van der Waals surface area contributed by atoms with Gasteiger partial charge in [-0.1, -0.05) is 24.3 Å². The van der Waals surface area contributed by atoms with Crippen molar-refractivity contribution in [3.05, 3.63) is 92.5 Å². The summed E-state index contributed by atoms with van der Waals surface area (Å²) in [6.45, 7) is -0.187. The normalized spacial score (nSPS) is 17.4. The van der Waals surface area contributed by atoms with Crippen LogP contribution in [0.2, 0.25) is 0 Å². The number of benzene rings is 2. The molecular weight excluding hydrogens is 610 g/mol. The van der Waals surface area contributed by atoms with E-state index in [1.807, 2.05) is 0 Å². The Balaban J connectivity index is 1.09. The highest BCUT2D eigenvalue weighted by Gasteiger charge is 2.37. The molecule has 4 aromatic rings. The number of nitro benzene ring substituents is 2. The van der Waals surface area contributed by atoms with E-state index in [0.717, 1.165) is 11.1 Å². The van der Waals surface area contributed by atoms with Crippen LogP contribution >= 0.6 is 0 Å². The van der Waals surface area contributed by atoms with Gasteiger partial charge in [0.15, 0.2) is 23.2 Å². The Morgan fingerprint density at radius 3 is 2.13 bits per heavy atom. The molecule has 1 saturated heterocycles. The van der Waals surface area contributed by atoms with Gasteiger partial charge in [-0.05, 0) is 11.1 Å². The first kappa shape index (κ1) is 31.7. The fraction of sp³-hybridized carbons (Fsp3) is 0.321. The first-order chi connectivity index (χ1) is 22.2. The van der Waals surface area contributed by atoms with E-state index in [2.05, 4.69) is 20.3 Å². The number of nitrogens with zero attached hydrogens (tertiary/aromatic N) is 6. The molecule has 18 heteroatoms. The highest BCUT2D eigenvalue weighted by molar-refractivity contribution is 5.93. The molecule has 0 unspecified atom stereocenters. The Labute approximate surface area is 259 Å². The zero-order valence-corrected chi connectivity index (χ0v) is 24.0. The van der Waals surface area contributed by atoms with E-state index >= 15 is 0 Å². The first-order valence-electron chi connectivity index (χ1n) is 13.9. The summed E-state index contributed by atoms with van der Waals surface area (Å²) in [5.74, 6) is 0.0629. The van der Waals surface area contributed by atoms with Crippen LogP contribution in [0.1, 0.15) is 23.8 Å². The molecule has 0 radical (unpaired) electrons. The third-order valence-corrected chi connectivity index (χ3v) is 6.93. The number of carbonyl (C=O) groups is 2. The number of hydrogen-bond acceptors (Lipinski definition) is 14. The van der Waals surface area contributed by atoms with Crippen LogP contribution in [0.25, 0.3) is 11.2 Å². The van der Waals surface area contributed by atoms with Crippen molar-refractivity contribution in [1.82, 2.24) is 19.5 Å². The van der Waals surface area contributed by atoms with E-state index in [1.165, 1.54) is 41.5 Å². The molecule has 1 amide bonds. The van der Waals surface area contributed by atoms with Crippen molar-refractivity contribution in [2.24, 2.45) is 0 Å². The number of aromatic nitrogens is 4. The molecule has 2 aromatic carbocycles. The summed E-state index contributed by atoms with van der Waals surface area (Å²) in [6, 6.07) is 11.8. The summed E-state index contributed by atoms with van der Waals surface area (Å²) in [6.07, 6.45) is -0.947. The van der Waals surface area contributed by atoms with Gasteiger partial charge in [-0.2, -0.15) is 0 Å². The number of carbonyl (C=O) groups excluding carboxylic acids is 2. The second kappa shape index (κ2) is 14.4. The number of hydrogen-bond donors (Lipinski definition) is 2. The third kappa shape index (κ3) is 7.85. The number of rotatable bonds is 12. The minimum atomic E-state index is -1.00. The molecule has 18 nitrogen and oxygen atoms in total. The predicted molar refractivity (Wildman–Crippen MR) is 156 cm³/mol. The molecule has 2 aromatic heterocycles. The molecule has 1 aliphatic rings. The van der Waals surface area contributed by atoms with Crippen LogP contribution in [-0.4, -0.2) is 78.7 Å². The van der Waals surface area contributed by atoms with Crippen molar-refractivity contribution in [2.45, 2.75) is 37.7 Å². The van der Waals surface area contributed by atoms with Gasteiger partial charge in [0.25, 0.3) is 11.4 Å². The average molecular weight is 638 g/mol. The lowest BCUT2D eigenvalue weighted by molar-refractivity contribution is -0.385. The Morgan fingerprint density at radius 2 is 1.52 bits per heavy atom. The second-order valence-corrected chi connectivity index (χ2v) is 10.0. The molecule has 5 rings (SSSR count). The average Bonchev–Trinajstić information content (AvgIpc) is 3.64. The van der Waals surface area contributed by atoms with Crippen LogP contribution in [0.4, 0.5) is 26.8 Å². The van der Waals surface area contributed by atoms with Gasteiger partial charge in [-0.3, -0.25) is 30.1 Å². The van der Waals surface area contributed by atoms with E-state index in [1.54, 1.807) is 24.3 Å². The molecule has 240 valence electrons. The van der Waals surface area contributed by atoms with Crippen LogP contribution in [-0.2, 0) is 31.8 Å². The molecule has 2 N–H and O–H groups in total. The van der Waals surface area contributed by atoms with Gasteiger partial charge in [0.1, 0.15) is 19.0 Å². The quantitative estimate of drug-likeness (QED) is 0.129. The molecule has 0 saturated carbocycles. The largest absolute Gasteiger partial charge is 0.508 e. The van der Waals surface area contributed by atoms with Gasteiger partial charge in [-0.25, -0.2) is 24.5 Å². The number of aliphatic hydroxyl groups excluding tert-OH is 1. The van der Waals surface area contributed by atoms with Crippen LogP contribution < -0.4 is 5.32 Å². The van der Waals surface area contributed by atoms with Crippen molar-refractivity contribution in [1.29, 1.82) is 0 Å². The molecule has 1 fully saturated rings. The minimum absolute atomic E-state index is 0.00214. The minimum Gasteiger partial charge on any atom is -0.449 e. The zero-order chi connectivity index (χ0) is 32.6. The van der Waals surface area contributed by atoms with Gasteiger partial charge in [-0.15, -0.1) is 0 Å². The van der Waals surface area contributed by atoms with Crippen molar-refractivity contribution in [3.63, 3.8) is 0 Å². The van der Waals surface area contributed by atoms with Crippen molar-refractivity contribution in [3.8, 4) is 0 Å². The number of nitrogens with one attached hydrogen (secondary N) is 1. The number of anilines is 1. The summed E-state index contributed by atoms with van der Waals surface area (Å²) in [4.78, 5) is 57.5. The topological polar surface area (TPSA) is 233 Å². The zero-order valence-electron chi connectivity index (χ0n) is 24.0. The smallest absolute Gasteiger partial charge is 0.449 e. The summed E-state index contributed by atoms with van der Waals surface area (Å²) < 4.78 is 22.7. The maximum Gasteiger partial charge on any atom is 0.508 e. The summed E-state index contributed by atoms with van der Waals surface area (Å²) in [7, 11) is 0. The van der Waals surface area contributed by atoms with Crippen LogP contribution in [0.5, 0.6) is 0 Å². The fourth-order valence-corrected chi connectivity index (χ4v) is 4.63. The molecule has 3 heterocycles. The standard InChI is InChI=1S/C28H27N7O11/c36-22-13-21(14-45-28(38)44-12-10-18-3-7-20(8-4-18)35(41)42)46-26(22)33-16-31-23-24(29-15-30-25(23)33)32-27(37)43-11-9-17-1-5-19(6-2-17)34(39)40/h1-8,15-16,21-22,26,36H,9-14H2,(H,29,30,32,37)/t21-,22+,26+/m0/s1. The van der Waals surface area contributed by atoms with Gasteiger partial charge < -0.3 is 24.1 Å². The van der Waals surface area contributed by atoms with E-state index in [-0.39, 0.29) is 54.6 Å². The Morgan fingerprint density at radius 1 is 0.913 bits per heavy atom. The van der Waals surface area contributed by atoms with Gasteiger partial charge in [0.05, 0.1) is 35.5 Å². The third-order valence-electron chi connectivity index (χ3n) is 6.93. The van der Waals surface area contributed by atoms with E-state index in [4.69, 9.17) is 18.9 Å². The lowest BCUT2D eigenvalue weighted by atomic mass is 10.1. The van der Waals surface area contributed by atoms with E-state index < -0.39 is 40.5 Å². The Hall–Kier alpha value is -5.75. The number of non-ortho nitro benzene ring substituents is 2. The van der Waals surface area contributed by atoms with Crippen molar-refractivity contribution >= 4 is 40.6 Å².